The molecule has 1 aromatic carbocycles. The lowest BCUT2D eigenvalue weighted by Crippen LogP contribution is -2.40. The van der Waals surface area contributed by atoms with Crippen LogP contribution in [0.4, 0.5) is 0 Å². The number of halogens is 1. The Labute approximate surface area is 112 Å². The van der Waals surface area contributed by atoms with Crippen molar-refractivity contribution in [2.24, 2.45) is 0 Å². The second-order valence-corrected chi connectivity index (χ2v) is 5.50. The summed E-state index contributed by atoms with van der Waals surface area (Å²) >= 11 is 3.62. The van der Waals surface area contributed by atoms with Crippen molar-refractivity contribution in [1.29, 1.82) is 0 Å². The zero-order valence-corrected chi connectivity index (χ0v) is 11.5. The fraction of sp³-hybridized carbons (Fsp3) is 0.467. The molecule has 2 heteroatoms. The van der Waals surface area contributed by atoms with Crippen LogP contribution in [-0.2, 0) is 0 Å². The fourth-order valence-electron chi connectivity index (χ4n) is 2.34. The first-order valence-corrected chi connectivity index (χ1v) is 7.02. The molecule has 0 bridgehead atoms. The highest BCUT2D eigenvalue weighted by Crippen LogP contribution is 2.39. The smallest absolute Gasteiger partial charge is 0.0210 e. The molecule has 0 spiro atoms. The van der Waals surface area contributed by atoms with E-state index in [1.54, 1.807) is 0 Å². The number of hydrogen-bond donors (Lipinski definition) is 1. The largest absolute Gasteiger partial charge is 0.314 e. The fourth-order valence-corrected chi connectivity index (χ4v) is 2.95. The topological polar surface area (TPSA) is 12.0 Å². The van der Waals surface area contributed by atoms with Gasteiger partial charge in [-0.25, -0.2) is 0 Å². The molecule has 0 aliphatic heterocycles. The molecular formula is C15H18BrN. The molecule has 0 heterocycles. The quantitative estimate of drug-likeness (QED) is 0.644. The van der Waals surface area contributed by atoms with E-state index in [0.717, 1.165) is 25.3 Å². The number of unbranched alkanes of at least 4 members (excludes halogenated alkanes) is 1. The molecule has 0 radical (unpaired) electrons. The third kappa shape index (κ3) is 3.34. The first kappa shape index (κ1) is 12.7. The molecule has 1 aromatic rings. The van der Waals surface area contributed by atoms with Crippen LogP contribution in [0.3, 0.4) is 0 Å². The monoisotopic (exact) mass is 291 g/mol. The summed E-state index contributed by atoms with van der Waals surface area (Å²) in [5, 5.41) is 3.56. The first-order chi connectivity index (χ1) is 8.31. The van der Waals surface area contributed by atoms with Crippen molar-refractivity contribution in [1.82, 2.24) is 5.32 Å². The molecule has 1 N–H and O–H groups in total. The van der Waals surface area contributed by atoms with Gasteiger partial charge < -0.3 is 5.32 Å². The van der Waals surface area contributed by atoms with Crippen molar-refractivity contribution < 1.29 is 0 Å². The predicted molar refractivity (Wildman–Crippen MR) is 76.0 cm³/mol. The maximum atomic E-state index is 5.22. The van der Waals surface area contributed by atoms with Gasteiger partial charge in [-0.2, -0.15) is 0 Å². The number of benzene rings is 1. The molecule has 1 aliphatic carbocycles. The van der Waals surface area contributed by atoms with Crippen LogP contribution in [0, 0.1) is 12.3 Å². The Morgan fingerprint density at radius 1 is 1.35 bits per heavy atom. The van der Waals surface area contributed by atoms with E-state index in [2.05, 4.69) is 51.4 Å². The number of hydrogen-bond acceptors (Lipinski definition) is 1. The summed E-state index contributed by atoms with van der Waals surface area (Å²) in [5.41, 5.74) is 1.45. The molecular weight excluding hydrogens is 274 g/mol. The number of terminal acetylenes is 1. The Morgan fingerprint density at radius 2 is 2.12 bits per heavy atom. The standard InChI is InChI=1S/C15H18BrN/c1-2-3-6-9-17-13-10-12(11-13)14-7-4-5-8-15(14)16/h1,4-5,7-8,12-13,17H,3,6,9-11H2. The minimum atomic E-state index is 0.685. The lowest BCUT2D eigenvalue weighted by atomic mass is 9.76. The predicted octanol–water partition coefficient (Wildman–Crippen LogP) is 3.70. The molecule has 17 heavy (non-hydrogen) atoms. The van der Waals surface area contributed by atoms with Crippen molar-refractivity contribution in [3.8, 4) is 12.3 Å². The average Bonchev–Trinajstić information content (AvgIpc) is 2.28. The summed E-state index contributed by atoms with van der Waals surface area (Å²) in [7, 11) is 0. The van der Waals surface area contributed by atoms with E-state index in [0.29, 0.717) is 6.04 Å². The van der Waals surface area contributed by atoms with Gasteiger partial charge in [-0.15, -0.1) is 12.3 Å². The molecule has 1 aliphatic rings. The summed E-state index contributed by atoms with van der Waals surface area (Å²) in [6, 6.07) is 9.23. The molecule has 0 aromatic heterocycles. The Balaban J connectivity index is 1.72. The van der Waals surface area contributed by atoms with Crippen molar-refractivity contribution in [3.05, 3.63) is 34.3 Å². The minimum absolute atomic E-state index is 0.685. The van der Waals surface area contributed by atoms with Gasteiger partial charge in [-0.1, -0.05) is 34.1 Å². The summed E-state index contributed by atoms with van der Waals surface area (Å²) in [5.74, 6) is 3.39. The van der Waals surface area contributed by atoms with Gasteiger partial charge in [0.05, 0.1) is 0 Å². The molecule has 0 saturated heterocycles. The van der Waals surface area contributed by atoms with E-state index in [4.69, 9.17) is 6.42 Å². The summed E-state index contributed by atoms with van der Waals surface area (Å²) in [6.07, 6.45) is 9.69. The van der Waals surface area contributed by atoms with Crippen LogP contribution in [0.5, 0.6) is 0 Å². The van der Waals surface area contributed by atoms with E-state index in [1.165, 1.54) is 22.9 Å². The lowest BCUT2D eigenvalue weighted by Gasteiger charge is -2.37. The normalized spacial score (nSPS) is 22.8. The zero-order valence-electron chi connectivity index (χ0n) is 9.95. The van der Waals surface area contributed by atoms with Gasteiger partial charge in [-0.3, -0.25) is 0 Å². The molecule has 1 saturated carbocycles. The molecule has 0 amide bonds. The second kappa shape index (κ2) is 6.23. The number of nitrogens with one attached hydrogen (secondary N) is 1. The van der Waals surface area contributed by atoms with Gasteiger partial charge in [0, 0.05) is 16.9 Å². The maximum absolute atomic E-state index is 5.22. The van der Waals surface area contributed by atoms with Crippen molar-refractivity contribution in [2.75, 3.05) is 6.54 Å². The van der Waals surface area contributed by atoms with E-state index in [1.807, 2.05) is 0 Å². The third-order valence-electron chi connectivity index (χ3n) is 3.41. The van der Waals surface area contributed by atoms with E-state index < -0.39 is 0 Å². The Kier molecular flexibility index (Phi) is 4.65. The summed E-state index contributed by atoms with van der Waals surface area (Å²) in [6.45, 7) is 1.05. The van der Waals surface area contributed by atoms with Gasteiger partial charge >= 0.3 is 0 Å². The molecule has 90 valence electrons. The highest BCUT2D eigenvalue weighted by Gasteiger charge is 2.30. The average molecular weight is 292 g/mol. The van der Waals surface area contributed by atoms with Gasteiger partial charge in [0.1, 0.15) is 0 Å². The summed E-state index contributed by atoms with van der Waals surface area (Å²) in [4.78, 5) is 0. The van der Waals surface area contributed by atoms with E-state index in [9.17, 15) is 0 Å². The van der Waals surface area contributed by atoms with Crippen LogP contribution in [0.25, 0.3) is 0 Å². The second-order valence-electron chi connectivity index (χ2n) is 4.65. The highest BCUT2D eigenvalue weighted by atomic mass is 79.9. The minimum Gasteiger partial charge on any atom is -0.314 e. The summed E-state index contributed by atoms with van der Waals surface area (Å²) < 4.78 is 1.25. The Morgan fingerprint density at radius 3 is 2.82 bits per heavy atom. The molecule has 1 fully saturated rings. The third-order valence-corrected chi connectivity index (χ3v) is 4.14. The first-order valence-electron chi connectivity index (χ1n) is 6.22. The van der Waals surface area contributed by atoms with Crippen LogP contribution in [-0.4, -0.2) is 12.6 Å². The van der Waals surface area contributed by atoms with Crippen LogP contribution in [0.2, 0.25) is 0 Å². The molecule has 1 nitrogen and oxygen atoms in total. The Hall–Kier alpha value is -0.780. The molecule has 2 rings (SSSR count). The van der Waals surface area contributed by atoms with Gasteiger partial charge in [-0.05, 0) is 43.4 Å². The lowest BCUT2D eigenvalue weighted by molar-refractivity contribution is 0.290. The highest BCUT2D eigenvalue weighted by molar-refractivity contribution is 9.10. The van der Waals surface area contributed by atoms with Crippen LogP contribution >= 0.6 is 15.9 Å². The van der Waals surface area contributed by atoms with Crippen LogP contribution in [0.1, 0.15) is 37.2 Å². The van der Waals surface area contributed by atoms with Crippen molar-refractivity contribution >= 4 is 15.9 Å². The van der Waals surface area contributed by atoms with E-state index in [-0.39, 0.29) is 0 Å². The van der Waals surface area contributed by atoms with Crippen LogP contribution < -0.4 is 5.32 Å². The van der Waals surface area contributed by atoms with Gasteiger partial charge in [0.15, 0.2) is 0 Å². The SMILES string of the molecule is C#CCCCNC1CC(c2ccccc2Br)C1. The van der Waals surface area contributed by atoms with Gasteiger partial charge in [0.25, 0.3) is 0 Å². The molecule has 0 unspecified atom stereocenters. The Bertz CT molecular complexity index is 402. The van der Waals surface area contributed by atoms with Crippen molar-refractivity contribution in [2.45, 2.75) is 37.6 Å². The van der Waals surface area contributed by atoms with Crippen LogP contribution in [0.15, 0.2) is 28.7 Å². The van der Waals surface area contributed by atoms with Crippen molar-refractivity contribution in [3.63, 3.8) is 0 Å². The van der Waals surface area contributed by atoms with Gasteiger partial charge in [0.2, 0.25) is 0 Å². The van der Waals surface area contributed by atoms with E-state index >= 15 is 0 Å². The maximum Gasteiger partial charge on any atom is 0.0210 e. The number of rotatable bonds is 5. The molecule has 0 atom stereocenters. The zero-order chi connectivity index (χ0) is 12.1.